The maximum Gasteiger partial charge on any atom is 0.0686 e. The van der Waals surface area contributed by atoms with Crippen LogP contribution >= 0.6 is 15.9 Å². The van der Waals surface area contributed by atoms with Crippen molar-refractivity contribution < 1.29 is 4.74 Å². The third-order valence-electron chi connectivity index (χ3n) is 4.54. The molecule has 2 fully saturated rings. The van der Waals surface area contributed by atoms with E-state index in [9.17, 15) is 0 Å². The van der Waals surface area contributed by atoms with Gasteiger partial charge in [0, 0.05) is 17.1 Å². The van der Waals surface area contributed by atoms with E-state index in [0.29, 0.717) is 5.92 Å². The average Bonchev–Trinajstić information content (AvgIpc) is 2.36. The van der Waals surface area contributed by atoms with Gasteiger partial charge in [-0.3, -0.25) is 0 Å². The van der Waals surface area contributed by atoms with E-state index >= 15 is 0 Å². The van der Waals surface area contributed by atoms with Gasteiger partial charge >= 0.3 is 0 Å². The second-order valence-electron chi connectivity index (χ2n) is 5.72. The molecular formula is C15H20BrNO. The minimum absolute atomic E-state index is 0.142. The molecule has 2 N–H and O–H groups in total. The Morgan fingerprint density at radius 3 is 2.89 bits per heavy atom. The lowest BCUT2D eigenvalue weighted by Crippen LogP contribution is -2.47. The largest absolute Gasteiger partial charge is 0.375 e. The van der Waals surface area contributed by atoms with Crippen LogP contribution in [-0.4, -0.2) is 12.2 Å². The van der Waals surface area contributed by atoms with Gasteiger partial charge < -0.3 is 10.5 Å². The third kappa shape index (κ3) is 2.36. The Hall–Kier alpha value is -0.380. The standard InChI is InChI=1S/C15H20BrNO/c16-13-4-1-3-11(9-13)14(17)12-5-8-18-15(10-12)6-2-7-15/h1,3-4,9,12,14H,2,5-8,10,17H2. The third-order valence-corrected chi connectivity index (χ3v) is 5.03. The molecule has 1 spiro atoms. The van der Waals surface area contributed by atoms with Gasteiger partial charge in [-0.2, -0.15) is 0 Å². The molecule has 0 bridgehead atoms. The molecule has 2 aliphatic rings. The van der Waals surface area contributed by atoms with Crippen molar-refractivity contribution in [3.8, 4) is 0 Å². The van der Waals surface area contributed by atoms with E-state index in [1.54, 1.807) is 0 Å². The van der Waals surface area contributed by atoms with Crippen LogP contribution in [0.3, 0.4) is 0 Å². The predicted molar refractivity (Wildman–Crippen MR) is 76.3 cm³/mol. The minimum atomic E-state index is 0.142. The zero-order valence-electron chi connectivity index (χ0n) is 10.6. The van der Waals surface area contributed by atoms with Gasteiger partial charge in [-0.05, 0) is 55.7 Å². The van der Waals surface area contributed by atoms with Crippen molar-refractivity contribution in [2.45, 2.75) is 43.7 Å². The van der Waals surface area contributed by atoms with Gasteiger partial charge in [-0.15, -0.1) is 0 Å². The summed E-state index contributed by atoms with van der Waals surface area (Å²) in [6, 6.07) is 8.54. The molecule has 1 aliphatic heterocycles. The normalized spacial score (nSPS) is 27.8. The molecule has 0 radical (unpaired) electrons. The first-order chi connectivity index (χ1) is 8.69. The lowest BCUT2D eigenvalue weighted by molar-refractivity contribution is -0.146. The maximum atomic E-state index is 6.46. The first-order valence-electron chi connectivity index (χ1n) is 6.84. The number of benzene rings is 1. The molecular weight excluding hydrogens is 290 g/mol. The highest BCUT2D eigenvalue weighted by Crippen LogP contribution is 2.46. The van der Waals surface area contributed by atoms with Crippen LogP contribution in [-0.2, 0) is 4.74 Å². The summed E-state index contributed by atoms with van der Waals surface area (Å²) in [6.45, 7) is 0.881. The number of rotatable bonds is 2. The van der Waals surface area contributed by atoms with Crippen LogP contribution in [0.15, 0.2) is 28.7 Å². The van der Waals surface area contributed by atoms with Crippen molar-refractivity contribution in [1.29, 1.82) is 0 Å². The fourth-order valence-electron chi connectivity index (χ4n) is 3.28. The molecule has 0 aromatic heterocycles. The van der Waals surface area contributed by atoms with E-state index in [1.807, 2.05) is 6.07 Å². The Morgan fingerprint density at radius 1 is 1.39 bits per heavy atom. The minimum Gasteiger partial charge on any atom is -0.375 e. The Kier molecular flexibility index (Phi) is 3.48. The highest BCUT2D eigenvalue weighted by atomic mass is 79.9. The highest BCUT2D eigenvalue weighted by Gasteiger charge is 2.43. The van der Waals surface area contributed by atoms with E-state index in [4.69, 9.17) is 10.5 Å². The van der Waals surface area contributed by atoms with Gasteiger partial charge in [0.05, 0.1) is 5.60 Å². The first-order valence-corrected chi connectivity index (χ1v) is 7.63. The average molecular weight is 310 g/mol. The van der Waals surface area contributed by atoms with Gasteiger partial charge in [0.1, 0.15) is 0 Å². The SMILES string of the molecule is NC(c1cccc(Br)c1)C1CCOC2(CCC2)C1. The fraction of sp³-hybridized carbons (Fsp3) is 0.600. The Bertz CT molecular complexity index is 430. The van der Waals surface area contributed by atoms with Gasteiger partial charge in [0.25, 0.3) is 0 Å². The smallest absolute Gasteiger partial charge is 0.0686 e. The number of nitrogens with two attached hydrogens (primary N) is 1. The van der Waals surface area contributed by atoms with Crippen LogP contribution in [0, 0.1) is 5.92 Å². The molecule has 2 atom stereocenters. The summed E-state index contributed by atoms with van der Waals surface area (Å²) in [6.07, 6.45) is 6.01. The number of hydrogen-bond donors (Lipinski definition) is 1. The molecule has 1 heterocycles. The van der Waals surface area contributed by atoms with E-state index in [-0.39, 0.29) is 11.6 Å². The fourth-order valence-corrected chi connectivity index (χ4v) is 3.69. The van der Waals surface area contributed by atoms with Crippen LogP contribution in [0.2, 0.25) is 0 Å². The van der Waals surface area contributed by atoms with Gasteiger partial charge in [-0.25, -0.2) is 0 Å². The van der Waals surface area contributed by atoms with Crippen molar-refractivity contribution in [1.82, 2.24) is 0 Å². The molecule has 2 unspecified atom stereocenters. The molecule has 1 aromatic carbocycles. The van der Waals surface area contributed by atoms with Crippen molar-refractivity contribution in [3.63, 3.8) is 0 Å². The number of halogens is 1. The molecule has 3 rings (SSSR count). The number of hydrogen-bond acceptors (Lipinski definition) is 2. The summed E-state index contributed by atoms with van der Waals surface area (Å²) in [4.78, 5) is 0. The second kappa shape index (κ2) is 4.95. The van der Waals surface area contributed by atoms with Crippen molar-refractivity contribution in [2.75, 3.05) is 6.61 Å². The van der Waals surface area contributed by atoms with Gasteiger partial charge in [-0.1, -0.05) is 28.1 Å². The van der Waals surface area contributed by atoms with E-state index < -0.39 is 0 Å². The van der Waals surface area contributed by atoms with Crippen molar-refractivity contribution >= 4 is 15.9 Å². The van der Waals surface area contributed by atoms with Crippen LogP contribution in [0.4, 0.5) is 0 Å². The van der Waals surface area contributed by atoms with Gasteiger partial charge in [0.15, 0.2) is 0 Å². The molecule has 98 valence electrons. The quantitative estimate of drug-likeness (QED) is 0.902. The van der Waals surface area contributed by atoms with Crippen LogP contribution in [0.1, 0.15) is 43.7 Å². The van der Waals surface area contributed by atoms with Gasteiger partial charge in [0.2, 0.25) is 0 Å². The molecule has 18 heavy (non-hydrogen) atoms. The molecule has 2 nitrogen and oxygen atoms in total. The Labute approximate surface area is 117 Å². The van der Waals surface area contributed by atoms with Crippen molar-refractivity contribution in [2.24, 2.45) is 11.7 Å². The maximum absolute atomic E-state index is 6.46. The summed E-state index contributed by atoms with van der Waals surface area (Å²) in [7, 11) is 0. The van der Waals surface area contributed by atoms with Crippen LogP contribution < -0.4 is 5.73 Å². The summed E-state index contributed by atoms with van der Waals surface area (Å²) in [5.41, 5.74) is 7.89. The zero-order chi connectivity index (χ0) is 12.6. The topological polar surface area (TPSA) is 35.2 Å². The van der Waals surface area contributed by atoms with E-state index in [0.717, 1.165) is 23.9 Å². The first kappa shape index (κ1) is 12.6. The Balaban J connectivity index is 1.73. The highest BCUT2D eigenvalue weighted by molar-refractivity contribution is 9.10. The van der Waals surface area contributed by atoms with E-state index in [2.05, 4.69) is 34.1 Å². The molecule has 1 saturated carbocycles. The summed E-state index contributed by atoms with van der Waals surface area (Å²) < 4.78 is 7.09. The summed E-state index contributed by atoms with van der Waals surface area (Å²) in [5, 5.41) is 0. The summed E-state index contributed by atoms with van der Waals surface area (Å²) >= 11 is 3.52. The van der Waals surface area contributed by atoms with Crippen LogP contribution in [0.25, 0.3) is 0 Å². The molecule has 1 aliphatic carbocycles. The summed E-state index contributed by atoms with van der Waals surface area (Å²) in [5.74, 6) is 0.563. The van der Waals surface area contributed by atoms with E-state index in [1.165, 1.54) is 24.8 Å². The lowest BCUT2D eigenvalue weighted by atomic mass is 9.70. The lowest BCUT2D eigenvalue weighted by Gasteiger charge is -2.48. The monoisotopic (exact) mass is 309 g/mol. The number of ether oxygens (including phenoxy) is 1. The van der Waals surface area contributed by atoms with Crippen molar-refractivity contribution in [3.05, 3.63) is 34.3 Å². The van der Waals surface area contributed by atoms with Crippen LogP contribution in [0.5, 0.6) is 0 Å². The molecule has 1 aromatic rings. The Morgan fingerprint density at radius 2 is 2.22 bits per heavy atom. The predicted octanol–water partition coefficient (Wildman–Crippen LogP) is 3.80. The molecule has 1 saturated heterocycles. The zero-order valence-corrected chi connectivity index (χ0v) is 12.2. The molecule has 3 heteroatoms. The molecule has 0 amide bonds. The second-order valence-corrected chi connectivity index (χ2v) is 6.63.